The van der Waals surface area contributed by atoms with Gasteiger partial charge in [-0.15, -0.1) is 0 Å². The molecule has 1 aliphatic carbocycles. The lowest BCUT2D eigenvalue weighted by molar-refractivity contribution is -0.122. The van der Waals surface area contributed by atoms with Gasteiger partial charge in [0, 0.05) is 38.1 Å². The molecule has 30 heavy (non-hydrogen) atoms. The number of benzene rings is 1. The Morgan fingerprint density at radius 1 is 1.20 bits per heavy atom. The zero-order valence-corrected chi connectivity index (χ0v) is 17.9. The average Bonchev–Trinajstić information content (AvgIpc) is 2.79. The van der Waals surface area contributed by atoms with Gasteiger partial charge in [0.05, 0.1) is 30.4 Å². The van der Waals surface area contributed by atoms with Crippen LogP contribution in [-0.4, -0.2) is 58.7 Å². The van der Waals surface area contributed by atoms with Crippen LogP contribution in [0.25, 0.3) is 10.9 Å². The van der Waals surface area contributed by atoms with E-state index in [2.05, 4.69) is 15.2 Å². The Hall–Kier alpha value is -2.25. The molecular formula is C23H32N4O3. The van der Waals surface area contributed by atoms with Crippen LogP contribution in [0.2, 0.25) is 0 Å². The number of fused-ring (bicyclic) bond motifs is 1. The number of carbonyl (C=O) groups excluding carboxylic acids is 1. The summed E-state index contributed by atoms with van der Waals surface area (Å²) >= 11 is 0. The molecule has 0 unspecified atom stereocenters. The average molecular weight is 413 g/mol. The summed E-state index contributed by atoms with van der Waals surface area (Å²) in [5.41, 5.74) is 1.67. The standard InChI is InChI=1S/C23H32N4O3/c1-18-6-5-7-19-21(18)25-17-26(22(19)29)11-8-20(28)24-16-23(9-3-2-4-10-23)27-12-14-30-15-13-27/h5-7,17H,2-4,8-16H2,1H3,(H,24,28). The Morgan fingerprint density at radius 2 is 1.97 bits per heavy atom. The van der Waals surface area contributed by atoms with Crippen molar-refractivity contribution in [2.75, 3.05) is 32.8 Å². The fraction of sp³-hybridized carbons (Fsp3) is 0.609. The van der Waals surface area contributed by atoms with Gasteiger partial charge in [0.1, 0.15) is 0 Å². The van der Waals surface area contributed by atoms with E-state index in [1.54, 1.807) is 17.0 Å². The second kappa shape index (κ2) is 9.27. The minimum absolute atomic E-state index is 0.00977. The van der Waals surface area contributed by atoms with Crippen LogP contribution in [0.3, 0.4) is 0 Å². The molecule has 7 heteroatoms. The first-order chi connectivity index (χ1) is 14.6. The van der Waals surface area contributed by atoms with Gasteiger partial charge >= 0.3 is 0 Å². The lowest BCUT2D eigenvalue weighted by atomic mass is 9.79. The molecule has 2 heterocycles. The fourth-order valence-electron chi connectivity index (χ4n) is 4.92. The number of hydrogen-bond donors (Lipinski definition) is 1. The first-order valence-electron chi connectivity index (χ1n) is 11.1. The Kier molecular flexibility index (Phi) is 6.49. The molecule has 162 valence electrons. The normalized spacial score (nSPS) is 19.6. The summed E-state index contributed by atoms with van der Waals surface area (Å²) in [7, 11) is 0. The summed E-state index contributed by atoms with van der Waals surface area (Å²) in [6.45, 7) is 6.38. The minimum Gasteiger partial charge on any atom is -0.379 e. The van der Waals surface area contributed by atoms with E-state index in [9.17, 15) is 9.59 Å². The van der Waals surface area contributed by atoms with E-state index in [1.165, 1.54) is 19.3 Å². The predicted octanol–water partition coefficient (Wildman–Crippen LogP) is 2.25. The molecule has 2 aromatic rings. The van der Waals surface area contributed by atoms with E-state index in [4.69, 9.17) is 4.74 Å². The van der Waals surface area contributed by atoms with E-state index >= 15 is 0 Å². The molecule has 1 amide bonds. The number of nitrogens with zero attached hydrogens (tertiary/aromatic N) is 3. The van der Waals surface area contributed by atoms with Gasteiger partial charge in [0.2, 0.25) is 5.91 Å². The van der Waals surface area contributed by atoms with Gasteiger partial charge < -0.3 is 10.1 Å². The summed E-state index contributed by atoms with van der Waals surface area (Å²) in [4.78, 5) is 32.3. The highest BCUT2D eigenvalue weighted by atomic mass is 16.5. The number of morpholine rings is 1. The third kappa shape index (κ3) is 4.42. The topological polar surface area (TPSA) is 76.5 Å². The first kappa shape index (κ1) is 21.0. The highest BCUT2D eigenvalue weighted by Crippen LogP contribution is 2.33. The van der Waals surface area contributed by atoms with Gasteiger partial charge in [-0.25, -0.2) is 4.98 Å². The largest absolute Gasteiger partial charge is 0.379 e. The number of aromatic nitrogens is 2. The number of amides is 1. The van der Waals surface area contributed by atoms with Crippen LogP contribution in [0, 0.1) is 6.92 Å². The first-order valence-corrected chi connectivity index (χ1v) is 11.1. The Balaban J connectivity index is 1.38. The molecule has 1 N–H and O–H groups in total. The third-order valence-electron chi connectivity index (χ3n) is 6.72. The number of hydrogen-bond acceptors (Lipinski definition) is 5. The van der Waals surface area contributed by atoms with E-state index < -0.39 is 0 Å². The van der Waals surface area contributed by atoms with Gasteiger partial charge in [-0.05, 0) is 31.4 Å². The van der Waals surface area contributed by atoms with Crippen molar-refractivity contribution in [3.8, 4) is 0 Å². The van der Waals surface area contributed by atoms with Crippen LogP contribution in [0.5, 0.6) is 0 Å². The van der Waals surface area contributed by atoms with Crippen LogP contribution in [0.4, 0.5) is 0 Å². The second-order valence-electron chi connectivity index (χ2n) is 8.63. The Morgan fingerprint density at radius 3 is 2.73 bits per heavy atom. The lowest BCUT2D eigenvalue weighted by Crippen LogP contribution is -2.59. The van der Waals surface area contributed by atoms with Crippen LogP contribution in [0.15, 0.2) is 29.3 Å². The predicted molar refractivity (Wildman–Crippen MR) is 117 cm³/mol. The molecule has 2 fully saturated rings. The Labute approximate surface area is 177 Å². The van der Waals surface area contributed by atoms with E-state index in [0.717, 1.165) is 50.2 Å². The molecule has 1 aromatic carbocycles. The van der Waals surface area contributed by atoms with Crippen LogP contribution < -0.4 is 10.9 Å². The highest BCUT2D eigenvalue weighted by Gasteiger charge is 2.38. The molecule has 0 bridgehead atoms. The Bertz CT molecular complexity index is 943. The number of nitrogens with one attached hydrogen (secondary N) is 1. The molecule has 1 saturated carbocycles. The second-order valence-corrected chi connectivity index (χ2v) is 8.63. The summed E-state index contributed by atoms with van der Waals surface area (Å²) in [5, 5.41) is 3.77. The van der Waals surface area contributed by atoms with E-state index in [1.807, 2.05) is 19.1 Å². The van der Waals surface area contributed by atoms with E-state index in [0.29, 0.717) is 18.5 Å². The van der Waals surface area contributed by atoms with Crippen molar-refractivity contribution in [2.24, 2.45) is 0 Å². The molecule has 4 rings (SSSR count). The smallest absolute Gasteiger partial charge is 0.261 e. The summed E-state index contributed by atoms with van der Waals surface area (Å²) in [6.07, 6.45) is 7.79. The van der Waals surface area contributed by atoms with Gasteiger partial charge in [-0.3, -0.25) is 19.1 Å². The molecule has 0 atom stereocenters. The molecule has 1 aliphatic heterocycles. The number of aryl methyl sites for hydroxylation is 2. The lowest BCUT2D eigenvalue weighted by Gasteiger charge is -2.48. The molecule has 0 spiro atoms. The summed E-state index contributed by atoms with van der Waals surface area (Å²) in [6, 6.07) is 5.61. The SMILES string of the molecule is Cc1cccc2c(=O)n(CCC(=O)NCC3(N4CCOCC4)CCCCC3)cnc12. The molecule has 0 radical (unpaired) electrons. The van der Waals surface area contributed by atoms with Crippen molar-refractivity contribution in [3.05, 3.63) is 40.4 Å². The molecule has 2 aliphatic rings. The number of carbonyl (C=O) groups is 1. The van der Waals surface area contributed by atoms with Gasteiger partial charge in [-0.2, -0.15) is 0 Å². The number of para-hydroxylation sites is 1. The number of ether oxygens (including phenoxy) is 1. The van der Waals surface area contributed by atoms with Crippen molar-refractivity contribution in [2.45, 2.75) is 57.5 Å². The van der Waals surface area contributed by atoms with Crippen molar-refractivity contribution in [1.82, 2.24) is 19.8 Å². The molecule has 1 saturated heterocycles. The molecule has 1 aromatic heterocycles. The zero-order chi connectivity index (χ0) is 21.0. The van der Waals surface area contributed by atoms with E-state index in [-0.39, 0.29) is 23.4 Å². The zero-order valence-electron chi connectivity index (χ0n) is 17.9. The summed E-state index contributed by atoms with van der Waals surface area (Å²) in [5.74, 6) is -0.00977. The molecule has 7 nitrogen and oxygen atoms in total. The van der Waals surface area contributed by atoms with Crippen LogP contribution in [0.1, 0.15) is 44.1 Å². The van der Waals surface area contributed by atoms with Crippen molar-refractivity contribution >= 4 is 16.8 Å². The maximum atomic E-state index is 12.7. The number of rotatable bonds is 6. The molecular weight excluding hydrogens is 380 g/mol. The third-order valence-corrected chi connectivity index (χ3v) is 6.72. The van der Waals surface area contributed by atoms with Crippen molar-refractivity contribution in [1.29, 1.82) is 0 Å². The summed E-state index contributed by atoms with van der Waals surface area (Å²) < 4.78 is 7.07. The maximum Gasteiger partial charge on any atom is 0.261 e. The van der Waals surface area contributed by atoms with Crippen LogP contribution >= 0.6 is 0 Å². The van der Waals surface area contributed by atoms with Gasteiger partial charge in [-0.1, -0.05) is 31.4 Å². The quantitative estimate of drug-likeness (QED) is 0.788. The highest BCUT2D eigenvalue weighted by molar-refractivity contribution is 5.80. The minimum atomic E-state index is -0.0893. The van der Waals surface area contributed by atoms with Gasteiger partial charge in [0.25, 0.3) is 5.56 Å². The monoisotopic (exact) mass is 412 g/mol. The van der Waals surface area contributed by atoms with Gasteiger partial charge in [0.15, 0.2) is 0 Å². The van der Waals surface area contributed by atoms with Crippen molar-refractivity contribution < 1.29 is 9.53 Å². The van der Waals surface area contributed by atoms with Crippen molar-refractivity contribution in [3.63, 3.8) is 0 Å². The van der Waals surface area contributed by atoms with Crippen LogP contribution in [-0.2, 0) is 16.1 Å². The fourth-order valence-corrected chi connectivity index (χ4v) is 4.92. The maximum absolute atomic E-state index is 12.7.